The van der Waals surface area contributed by atoms with Crippen LogP contribution in [-0.4, -0.2) is 47.0 Å². The highest BCUT2D eigenvalue weighted by molar-refractivity contribution is 5.95. The highest BCUT2D eigenvalue weighted by Crippen LogP contribution is 2.39. The van der Waals surface area contributed by atoms with E-state index in [9.17, 15) is 18.4 Å². The normalized spacial score (nSPS) is 22.6. The van der Waals surface area contributed by atoms with Crippen molar-refractivity contribution in [3.05, 3.63) is 35.4 Å². The van der Waals surface area contributed by atoms with Gasteiger partial charge in [0.1, 0.15) is 22.8 Å². The van der Waals surface area contributed by atoms with Crippen LogP contribution in [0.5, 0.6) is 0 Å². The molecular formula is C16H16F2N2O3. The van der Waals surface area contributed by atoms with Gasteiger partial charge in [0.2, 0.25) is 5.91 Å². The van der Waals surface area contributed by atoms with Gasteiger partial charge in [-0.2, -0.15) is 0 Å². The van der Waals surface area contributed by atoms with Gasteiger partial charge in [0.25, 0.3) is 5.91 Å². The van der Waals surface area contributed by atoms with Crippen LogP contribution in [0.2, 0.25) is 0 Å². The minimum atomic E-state index is -0.880. The van der Waals surface area contributed by atoms with Gasteiger partial charge >= 0.3 is 0 Å². The summed E-state index contributed by atoms with van der Waals surface area (Å²) in [6.07, 6.45) is 2.43. The van der Waals surface area contributed by atoms with E-state index in [2.05, 4.69) is 0 Å². The Morgan fingerprint density at radius 2 is 1.91 bits per heavy atom. The van der Waals surface area contributed by atoms with Gasteiger partial charge in [-0.3, -0.25) is 14.4 Å². The molecule has 5 nitrogen and oxygen atoms in total. The molecule has 0 aromatic heterocycles. The monoisotopic (exact) mass is 322 g/mol. The Hall–Kier alpha value is -2.02. The van der Waals surface area contributed by atoms with Crippen molar-refractivity contribution in [2.24, 2.45) is 5.92 Å². The first kappa shape index (κ1) is 14.6. The van der Waals surface area contributed by atoms with E-state index in [0.29, 0.717) is 12.5 Å². The topological polar surface area (TPSA) is 49.9 Å². The van der Waals surface area contributed by atoms with Crippen LogP contribution in [0.15, 0.2) is 18.2 Å². The van der Waals surface area contributed by atoms with E-state index in [1.54, 1.807) is 0 Å². The van der Waals surface area contributed by atoms with Crippen molar-refractivity contribution in [3.8, 4) is 0 Å². The van der Waals surface area contributed by atoms with Crippen molar-refractivity contribution >= 4 is 11.8 Å². The molecule has 2 amide bonds. The Balaban J connectivity index is 1.43. The standard InChI is InChI=1S/C16H16F2N2O3/c17-11-2-1-3-12(18)14(11)15(22)19-8-16(9-19)6-13(21)20(23-16)7-10-4-5-10/h1-3,10H,4-9H2. The summed E-state index contributed by atoms with van der Waals surface area (Å²) < 4.78 is 27.4. The smallest absolute Gasteiger partial charge is 0.260 e. The lowest BCUT2D eigenvalue weighted by Gasteiger charge is -2.45. The molecule has 2 aliphatic heterocycles. The van der Waals surface area contributed by atoms with E-state index in [1.165, 1.54) is 16.0 Å². The van der Waals surface area contributed by atoms with Crippen LogP contribution in [0, 0.1) is 17.6 Å². The fourth-order valence-corrected chi connectivity index (χ4v) is 3.18. The van der Waals surface area contributed by atoms with E-state index < -0.39 is 28.7 Å². The summed E-state index contributed by atoms with van der Waals surface area (Å²) >= 11 is 0. The van der Waals surface area contributed by atoms with Gasteiger partial charge in [-0.15, -0.1) is 0 Å². The van der Waals surface area contributed by atoms with Crippen molar-refractivity contribution in [1.29, 1.82) is 0 Å². The number of benzene rings is 1. The molecule has 0 radical (unpaired) electrons. The largest absolute Gasteiger partial charge is 0.332 e. The number of rotatable bonds is 3. The zero-order valence-electron chi connectivity index (χ0n) is 12.4. The average molecular weight is 322 g/mol. The average Bonchev–Trinajstić information content (AvgIpc) is 3.20. The van der Waals surface area contributed by atoms with Crippen LogP contribution in [0.25, 0.3) is 0 Å². The van der Waals surface area contributed by atoms with Gasteiger partial charge in [0, 0.05) is 0 Å². The van der Waals surface area contributed by atoms with E-state index in [0.717, 1.165) is 25.0 Å². The predicted molar refractivity (Wildman–Crippen MR) is 75.1 cm³/mol. The third-order valence-electron chi connectivity index (χ3n) is 4.60. The zero-order chi connectivity index (χ0) is 16.2. The molecule has 0 N–H and O–H groups in total. The van der Waals surface area contributed by atoms with Crippen LogP contribution in [0.4, 0.5) is 8.78 Å². The quantitative estimate of drug-likeness (QED) is 0.852. The number of hydroxylamine groups is 2. The maximum atomic E-state index is 13.7. The first-order valence-electron chi connectivity index (χ1n) is 7.70. The van der Waals surface area contributed by atoms with Crippen molar-refractivity contribution < 1.29 is 23.2 Å². The van der Waals surface area contributed by atoms with Gasteiger partial charge in [-0.1, -0.05) is 6.07 Å². The number of hydrogen-bond donors (Lipinski definition) is 0. The molecule has 23 heavy (non-hydrogen) atoms. The summed E-state index contributed by atoms with van der Waals surface area (Å²) in [6.45, 7) is 0.940. The molecule has 2 saturated heterocycles. The summed E-state index contributed by atoms with van der Waals surface area (Å²) in [5.74, 6) is -2.03. The van der Waals surface area contributed by atoms with Crippen molar-refractivity contribution in [3.63, 3.8) is 0 Å². The number of likely N-dealkylation sites (tertiary alicyclic amines) is 1. The Labute approximate surface area is 131 Å². The Kier molecular flexibility index (Phi) is 3.16. The van der Waals surface area contributed by atoms with Crippen LogP contribution >= 0.6 is 0 Å². The first-order chi connectivity index (χ1) is 11.0. The van der Waals surface area contributed by atoms with Crippen molar-refractivity contribution in [1.82, 2.24) is 9.96 Å². The molecule has 1 spiro atoms. The lowest BCUT2D eigenvalue weighted by Crippen LogP contribution is -2.63. The van der Waals surface area contributed by atoms with Crippen LogP contribution in [0.3, 0.4) is 0 Å². The molecular weight excluding hydrogens is 306 g/mol. The number of amides is 2. The second kappa shape index (κ2) is 4.99. The fraction of sp³-hybridized carbons (Fsp3) is 0.500. The molecule has 1 saturated carbocycles. The molecule has 0 atom stereocenters. The lowest BCUT2D eigenvalue weighted by atomic mass is 9.90. The fourth-order valence-electron chi connectivity index (χ4n) is 3.18. The number of halogens is 2. The summed E-state index contributed by atoms with van der Waals surface area (Å²) in [4.78, 5) is 31.3. The molecule has 0 bridgehead atoms. The van der Waals surface area contributed by atoms with Crippen molar-refractivity contribution in [2.75, 3.05) is 19.6 Å². The number of nitrogens with zero attached hydrogens (tertiary/aromatic N) is 2. The molecule has 1 aromatic carbocycles. The molecule has 1 aliphatic carbocycles. The number of carbonyl (C=O) groups excluding carboxylic acids is 2. The molecule has 4 rings (SSSR count). The van der Waals surface area contributed by atoms with E-state index in [4.69, 9.17) is 4.84 Å². The molecule has 1 aromatic rings. The third kappa shape index (κ3) is 2.49. The molecule has 7 heteroatoms. The highest BCUT2D eigenvalue weighted by atomic mass is 19.1. The Bertz CT molecular complexity index is 664. The molecule has 3 fully saturated rings. The lowest BCUT2D eigenvalue weighted by molar-refractivity contribution is -0.230. The van der Waals surface area contributed by atoms with Gasteiger partial charge in [-0.05, 0) is 30.9 Å². The van der Waals surface area contributed by atoms with Crippen molar-refractivity contribution in [2.45, 2.75) is 24.9 Å². The maximum Gasteiger partial charge on any atom is 0.260 e. The number of hydrogen-bond acceptors (Lipinski definition) is 3. The Morgan fingerprint density at radius 1 is 1.26 bits per heavy atom. The second-order valence-corrected chi connectivity index (χ2v) is 6.61. The minimum absolute atomic E-state index is 0.0823. The predicted octanol–water partition coefficient (Wildman–Crippen LogP) is 1.73. The molecule has 3 aliphatic rings. The van der Waals surface area contributed by atoms with E-state index in [-0.39, 0.29) is 25.4 Å². The summed E-state index contributed by atoms with van der Waals surface area (Å²) in [5.41, 5.74) is -1.27. The van der Waals surface area contributed by atoms with E-state index in [1.807, 2.05) is 0 Å². The molecule has 0 unspecified atom stereocenters. The zero-order valence-corrected chi connectivity index (χ0v) is 12.4. The van der Waals surface area contributed by atoms with E-state index >= 15 is 0 Å². The third-order valence-corrected chi connectivity index (χ3v) is 4.60. The molecule has 122 valence electrons. The first-order valence-corrected chi connectivity index (χ1v) is 7.70. The summed E-state index contributed by atoms with van der Waals surface area (Å²) in [7, 11) is 0. The SMILES string of the molecule is O=C(c1c(F)cccc1F)N1CC2(CC(=O)N(CC3CC3)O2)C1. The summed E-state index contributed by atoms with van der Waals surface area (Å²) in [6, 6.07) is 3.32. The van der Waals surface area contributed by atoms with Gasteiger partial charge in [-0.25, -0.2) is 13.8 Å². The van der Waals surface area contributed by atoms with Gasteiger partial charge < -0.3 is 4.90 Å². The summed E-state index contributed by atoms with van der Waals surface area (Å²) in [5, 5.41) is 1.39. The minimum Gasteiger partial charge on any atom is -0.332 e. The molecule has 2 heterocycles. The maximum absolute atomic E-state index is 13.7. The van der Waals surface area contributed by atoms with Crippen LogP contribution in [0.1, 0.15) is 29.6 Å². The van der Waals surface area contributed by atoms with Gasteiger partial charge in [0.05, 0.1) is 26.1 Å². The number of carbonyl (C=O) groups is 2. The van der Waals surface area contributed by atoms with Crippen LogP contribution < -0.4 is 0 Å². The van der Waals surface area contributed by atoms with Crippen LogP contribution in [-0.2, 0) is 9.63 Å². The van der Waals surface area contributed by atoms with Gasteiger partial charge in [0.15, 0.2) is 0 Å². The second-order valence-electron chi connectivity index (χ2n) is 6.61. The highest BCUT2D eigenvalue weighted by Gasteiger charge is 2.55. The Morgan fingerprint density at radius 3 is 2.52 bits per heavy atom.